The normalized spacial score (nSPS) is 14.9. The van der Waals surface area contributed by atoms with Gasteiger partial charge in [-0.15, -0.1) is 0 Å². The van der Waals surface area contributed by atoms with E-state index in [2.05, 4.69) is 29.3 Å². The number of nitrogens with zero attached hydrogens (tertiary/aromatic N) is 3. The summed E-state index contributed by atoms with van der Waals surface area (Å²) in [5.74, 6) is 1.87. The predicted molar refractivity (Wildman–Crippen MR) is 88.9 cm³/mol. The highest BCUT2D eigenvalue weighted by atomic mass is 16.5. The largest absolute Gasteiger partial charge is 0.378 e. The molecule has 24 heavy (non-hydrogen) atoms. The Labute approximate surface area is 141 Å². The fraction of sp³-hybridized carbons (Fsp3) is 0.471. The van der Waals surface area contributed by atoms with Crippen molar-refractivity contribution >= 4 is 11.7 Å². The van der Waals surface area contributed by atoms with E-state index in [9.17, 15) is 4.79 Å². The van der Waals surface area contributed by atoms with Crippen molar-refractivity contribution in [1.82, 2.24) is 15.0 Å². The molecule has 7 nitrogen and oxygen atoms in total. The predicted octanol–water partition coefficient (Wildman–Crippen LogP) is 2.28. The van der Waals surface area contributed by atoms with Gasteiger partial charge in [-0.3, -0.25) is 4.79 Å². The zero-order chi connectivity index (χ0) is 16.9. The van der Waals surface area contributed by atoms with Gasteiger partial charge in [0.1, 0.15) is 17.3 Å². The van der Waals surface area contributed by atoms with Gasteiger partial charge in [0.05, 0.1) is 25.3 Å². The van der Waals surface area contributed by atoms with Crippen LogP contribution >= 0.6 is 0 Å². The SMILES string of the molecule is CC(C)c1cc(CNc2ccc(C(=O)N3CCOCC3)cn2)no1. The van der Waals surface area contributed by atoms with Crippen molar-refractivity contribution in [2.75, 3.05) is 31.6 Å². The number of rotatable bonds is 5. The van der Waals surface area contributed by atoms with Gasteiger partial charge in [-0.2, -0.15) is 0 Å². The molecule has 1 amide bonds. The molecule has 1 fully saturated rings. The fourth-order valence-electron chi connectivity index (χ4n) is 2.44. The van der Waals surface area contributed by atoms with Crippen LogP contribution in [0.2, 0.25) is 0 Å². The molecule has 0 aromatic carbocycles. The number of morpholine rings is 1. The molecule has 1 aliphatic heterocycles. The van der Waals surface area contributed by atoms with E-state index >= 15 is 0 Å². The van der Waals surface area contributed by atoms with E-state index in [1.165, 1.54) is 0 Å². The van der Waals surface area contributed by atoms with E-state index < -0.39 is 0 Å². The summed E-state index contributed by atoms with van der Waals surface area (Å²) < 4.78 is 10.5. The van der Waals surface area contributed by atoms with Crippen LogP contribution in [0.15, 0.2) is 28.9 Å². The minimum absolute atomic E-state index is 0.00423. The van der Waals surface area contributed by atoms with Gasteiger partial charge in [0.2, 0.25) is 0 Å². The highest BCUT2D eigenvalue weighted by Crippen LogP contribution is 2.16. The lowest BCUT2D eigenvalue weighted by atomic mass is 10.1. The van der Waals surface area contributed by atoms with Gasteiger partial charge in [0.15, 0.2) is 0 Å². The number of carbonyl (C=O) groups excluding carboxylic acids is 1. The van der Waals surface area contributed by atoms with Crippen LogP contribution in [-0.4, -0.2) is 47.3 Å². The van der Waals surface area contributed by atoms with Crippen molar-refractivity contribution in [3.05, 3.63) is 41.4 Å². The minimum atomic E-state index is -0.00423. The molecule has 2 aromatic heterocycles. The third-order valence-corrected chi connectivity index (χ3v) is 3.91. The molecule has 7 heteroatoms. The molecule has 3 rings (SSSR count). The lowest BCUT2D eigenvalue weighted by Gasteiger charge is -2.26. The van der Waals surface area contributed by atoms with Crippen molar-refractivity contribution in [3.8, 4) is 0 Å². The Morgan fingerprint density at radius 2 is 2.12 bits per heavy atom. The molecule has 0 radical (unpaired) electrons. The molecule has 3 heterocycles. The number of amides is 1. The second-order valence-electron chi connectivity index (χ2n) is 6.07. The molecule has 1 aliphatic rings. The highest BCUT2D eigenvalue weighted by Gasteiger charge is 2.18. The first-order valence-corrected chi connectivity index (χ1v) is 8.16. The van der Waals surface area contributed by atoms with Crippen LogP contribution in [0.5, 0.6) is 0 Å². The molecule has 0 aliphatic carbocycles. The molecule has 0 saturated carbocycles. The van der Waals surface area contributed by atoms with Crippen molar-refractivity contribution in [3.63, 3.8) is 0 Å². The highest BCUT2D eigenvalue weighted by molar-refractivity contribution is 5.94. The van der Waals surface area contributed by atoms with E-state index in [4.69, 9.17) is 9.26 Å². The number of carbonyl (C=O) groups is 1. The van der Waals surface area contributed by atoms with Gasteiger partial charge in [-0.05, 0) is 12.1 Å². The van der Waals surface area contributed by atoms with E-state index in [1.54, 1.807) is 23.2 Å². The first-order chi connectivity index (χ1) is 11.6. The maximum absolute atomic E-state index is 12.3. The number of aromatic nitrogens is 2. The van der Waals surface area contributed by atoms with Crippen LogP contribution in [0.4, 0.5) is 5.82 Å². The van der Waals surface area contributed by atoms with Crippen molar-refractivity contribution in [1.29, 1.82) is 0 Å². The quantitative estimate of drug-likeness (QED) is 0.906. The van der Waals surface area contributed by atoms with Gasteiger partial charge in [-0.1, -0.05) is 19.0 Å². The molecular formula is C17H22N4O3. The van der Waals surface area contributed by atoms with Gasteiger partial charge in [0, 0.05) is 31.3 Å². The Hall–Kier alpha value is -2.41. The molecule has 1 saturated heterocycles. The Bertz CT molecular complexity index is 675. The van der Waals surface area contributed by atoms with Crippen LogP contribution in [-0.2, 0) is 11.3 Å². The first kappa shape index (κ1) is 16.4. The number of ether oxygens (including phenoxy) is 1. The summed E-state index contributed by atoms with van der Waals surface area (Å²) in [6.45, 7) is 7.09. The standard InChI is InChI=1S/C17H22N4O3/c1-12(2)15-9-14(20-24-15)11-19-16-4-3-13(10-18-16)17(22)21-5-7-23-8-6-21/h3-4,9-10,12H,5-8,11H2,1-2H3,(H,18,19). The summed E-state index contributed by atoms with van der Waals surface area (Å²) in [5.41, 5.74) is 1.42. The topological polar surface area (TPSA) is 80.5 Å². The van der Waals surface area contributed by atoms with Crippen LogP contribution in [0.3, 0.4) is 0 Å². The van der Waals surface area contributed by atoms with Crippen LogP contribution in [0.25, 0.3) is 0 Å². The fourth-order valence-corrected chi connectivity index (χ4v) is 2.44. The van der Waals surface area contributed by atoms with E-state index in [0.29, 0.717) is 50.1 Å². The molecule has 0 bridgehead atoms. The Morgan fingerprint density at radius 1 is 1.33 bits per heavy atom. The number of nitrogens with one attached hydrogen (secondary N) is 1. The molecule has 0 spiro atoms. The maximum Gasteiger partial charge on any atom is 0.255 e. The van der Waals surface area contributed by atoms with Gasteiger partial charge < -0.3 is 19.5 Å². The van der Waals surface area contributed by atoms with E-state index in [0.717, 1.165) is 11.5 Å². The van der Waals surface area contributed by atoms with Crippen molar-refractivity contribution in [2.45, 2.75) is 26.3 Å². The molecule has 1 N–H and O–H groups in total. The number of anilines is 1. The lowest BCUT2D eigenvalue weighted by molar-refractivity contribution is 0.0302. The summed E-state index contributed by atoms with van der Waals surface area (Å²) in [7, 11) is 0. The zero-order valence-electron chi connectivity index (χ0n) is 14.0. The maximum atomic E-state index is 12.3. The van der Waals surface area contributed by atoms with Crippen molar-refractivity contribution in [2.24, 2.45) is 0 Å². The van der Waals surface area contributed by atoms with Gasteiger partial charge in [0.25, 0.3) is 5.91 Å². The summed E-state index contributed by atoms with van der Waals surface area (Å²) >= 11 is 0. The second-order valence-corrected chi connectivity index (χ2v) is 6.07. The van der Waals surface area contributed by atoms with E-state index in [-0.39, 0.29) is 5.91 Å². The number of pyridine rings is 1. The second kappa shape index (κ2) is 7.44. The van der Waals surface area contributed by atoms with E-state index in [1.807, 2.05) is 6.07 Å². The first-order valence-electron chi connectivity index (χ1n) is 8.16. The number of hydrogen-bond acceptors (Lipinski definition) is 6. The van der Waals surface area contributed by atoms with Crippen LogP contribution in [0.1, 0.15) is 41.6 Å². The third kappa shape index (κ3) is 3.91. The summed E-state index contributed by atoms with van der Waals surface area (Å²) in [5, 5.41) is 7.20. The van der Waals surface area contributed by atoms with Gasteiger partial charge in [-0.25, -0.2) is 4.98 Å². The molecule has 2 aromatic rings. The number of hydrogen-bond donors (Lipinski definition) is 1. The van der Waals surface area contributed by atoms with Crippen molar-refractivity contribution < 1.29 is 14.1 Å². The smallest absolute Gasteiger partial charge is 0.255 e. The van der Waals surface area contributed by atoms with Gasteiger partial charge >= 0.3 is 0 Å². The molecule has 0 unspecified atom stereocenters. The third-order valence-electron chi connectivity index (χ3n) is 3.91. The Morgan fingerprint density at radius 3 is 2.75 bits per heavy atom. The molecular weight excluding hydrogens is 308 g/mol. The summed E-state index contributed by atoms with van der Waals surface area (Å²) in [4.78, 5) is 18.4. The Balaban J connectivity index is 1.56. The monoisotopic (exact) mass is 330 g/mol. The lowest BCUT2D eigenvalue weighted by Crippen LogP contribution is -2.40. The summed E-state index contributed by atoms with van der Waals surface area (Å²) in [6, 6.07) is 5.53. The summed E-state index contributed by atoms with van der Waals surface area (Å²) in [6.07, 6.45) is 1.60. The molecule has 128 valence electrons. The minimum Gasteiger partial charge on any atom is -0.378 e. The van der Waals surface area contributed by atoms with Crippen LogP contribution in [0, 0.1) is 0 Å². The van der Waals surface area contributed by atoms with Crippen LogP contribution < -0.4 is 5.32 Å². The zero-order valence-corrected chi connectivity index (χ0v) is 14.0. The average Bonchev–Trinajstić information content (AvgIpc) is 3.10. The molecule has 0 atom stereocenters. The Kier molecular flexibility index (Phi) is 5.10. The average molecular weight is 330 g/mol.